The lowest BCUT2D eigenvalue weighted by Crippen LogP contribution is -2.06. The van der Waals surface area contributed by atoms with E-state index in [0.29, 0.717) is 16.9 Å². The summed E-state index contributed by atoms with van der Waals surface area (Å²) in [5.74, 6) is -1.02. The van der Waals surface area contributed by atoms with Crippen molar-refractivity contribution in [2.24, 2.45) is 0 Å². The SMILES string of the molecule is Cc1cc(N)c(C)nc1C(=O)O. The highest BCUT2D eigenvalue weighted by Gasteiger charge is 2.10. The molecule has 64 valence electrons. The molecule has 0 aromatic carbocycles. The summed E-state index contributed by atoms with van der Waals surface area (Å²) in [6.45, 7) is 3.35. The van der Waals surface area contributed by atoms with Gasteiger partial charge >= 0.3 is 5.97 Å². The lowest BCUT2D eigenvalue weighted by Gasteiger charge is -2.03. The zero-order valence-corrected chi connectivity index (χ0v) is 6.96. The van der Waals surface area contributed by atoms with Crippen LogP contribution >= 0.6 is 0 Å². The summed E-state index contributed by atoms with van der Waals surface area (Å²) < 4.78 is 0. The third-order valence-electron chi connectivity index (χ3n) is 1.65. The zero-order chi connectivity index (χ0) is 9.30. The molecule has 0 unspecified atom stereocenters. The smallest absolute Gasteiger partial charge is 0.354 e. The Labute approximate surface area is 70.0 Å². The Hall–Kier alpha value is -1.58. The maximum absolute atomic E-state index is 10.6. The van der Waals surface area contributed by atoms with E-state index < -0.39 is 5.97 Å². The van der Waals surface area contributed by atoms with Crippen LogP contribution in [-0.4, -0.2) is 16.1 Å². The number of carbonyl (C=O) groups is 1. The van der Waals surface area contributed by atoms with Gasteiger partial charge in [0.25, 0.3) is 0 Å². The number of hydrogen-bond donors (Lipinski definition) is 2. The van der Waals surface area contributed by atoms with Gasteiger partial charge in [-0.1, -0.05) is 0 Å². The summed E-state index contributed by atoms with van der Waals surface area (Å²) in [7, 11) is 0. The van der Waals surface area contributed by atoms with Gasteiger partial charge in [-0.25, -0.2) is 9.78 Å². The first-order valence-electron chi connectivity index (χ1n) is 3.49. The molecule has 0 radical (unpaired) electrons. The van der Waals surface area contributed by atoms with Crippen LogP contribution in [0.4, 0.5) is 5.69 Å². The molecule has 1 aromatic rings. The third kappa shape index (κ3) is 1.37. The minimum absolute atomic E-state index is 0.0710. The summed E-state index contributed by atoms with van der Waals surface area (Å²) in [6.07, 6.45) is 0. The maximum Gasteiger partial charge on any atom is 0.354 e. The number of carboxylic acid groups (broad SMARTS) is 1. The second-order valence-electron chi connectivity index (χ2n) is 2.63. The Kier molecular flexibility index (Phi) is 1.99. The second kappa shape index (κ2) is 2.81. The number of rotatable bonds is 1. The fourth-order valence-corrected chi connectivity index (χ4v) is 0.943. The molecule has 0 fully saturated rings. The highest BCUT2D eigenvalue weighted by Crippen LogP contribution is 2.13. The first kappa shape index (κ1) is 8.52. The van der Waals surface area contributed by atoms with E-state index in [0.717, 1.165) is 0 Å². The molecule has 0 atom stereocenters. The van der Waals surface area contributed by atoms with Crippen LogP contribution in [0.15, 0.2) is 6.07 Å². The van der Waals surface area contributed by atoms with Gasteiger partial charge in [0.2, 0.25) is 0 Å². The van der Waals surface area contributed by atoms with E-state index in [1.54, 1.807) is 19.9 Å². The normalized spacial score (nSPS) is 9.83. The maximum atomic E-state index is 10.6. The average molecular weight is 166 g/mol. The van der Waals surface area contributed by atoms with Gasteiger partial charge < -0.3 is 10.8 Å². The number of aromatic carboxylic acids is 1. The molecule has 1 aromatic heterocycles. The van der Waals surface area contributed by atoms with Crippen molar-refractivity contribution < 1.29 is 9.90 Å². The fraction of sp³-hybridized carbons (Fsp3) is 0.250. The molecule has 3 N–H and O–H groups in total. The van der Waals surface area contributed by atoms with Crippen molar-refractivity contribution in [3.63, 3.8) is 0 Å². The van der Waals surface area contributed by atoms with Crippen LogP contribution in [0.3, 0.4) is 0 Å². The van der Waals surface area contributed by atoms with Crippen molar-refractivity contribution in [1.82, 2.24) is 4.98 Å². The molecule has 1 rings (SSSR count). The number of aromatic nitrogens is 1. The van der Waals surface area contributed by atoms with Crippen molar-refractivity contribution in [3.8, 4) is 0 Å². The molecule has 0 aliphatic rings. The Morgan fingerprint density at radius 1 is 1.58 bits per heavy atom. The number of pyridine rings is 1. The van der Waals surface area contributed by atoms with Gasteiger partial charge in [0.1, 0.15) is 0 Å². The molecule has 0 aliphatic heterocycles. The monoisotopic (exact) mass is 166 g/mol. The molecule has 0 saturated heterocycles. The van der Waals surface area contributed by atoms with Crippen LogP contribution in [-0.2, 0) is 0 Å². The molecular formula is C8H10N2O2. The molecular weight excluding hydrogens is 156 g/mol. The van der Waals surface area contributed by atoms with E-state index in [-0.39, 0.29) is 5.69 Å². The van der Waals surface area contributed by atoms with Crippen LogP contribution in [0.1, 0.15) is 21.7 Å². The van der Waals surface area contributed by atoms with Crippen LogP contribution in [0.2, 0.25) is 0 Å². The number of hydrogen-bond acceptors (Lipinski definition) is 3. The first-order chi connectivity index (χ1) is 5.52. The van der Waals surface area contributed by atoms with Crippen LogP contribution in [0, 0.1) is 13.8 Å². The molecule has 4 nitrogen and oxygen atoms in total. The van der Waals surface area contributed by atoms with Crippen molar-refractivity contribution in [2.45, 2.75) is 13.8 Å². The summed E-state index contributed by atoms with van der Waals surface area (Å²) in [5.41, 5.74) is 7.27. The third-order valence-corrected chi connectivity index (χ3v) is 1.65. The first-order valence-corrected chi connectivity index (χ1v) is 3.49. The van der Waals surface area contributed by atoms with Crippen LogP contribution < -0.4 is 5.73 Å². The van der Waals surface area contributed by atoms with E-state index in [1.165, 1.54) is 0 Å². The van der Waals surface area contributed by atoms with Gasteiger partial charge in [-0.05, 0) is 25.5 Å². The Bertz CT molecular complexity index is 334. The summed E-state index contributed by atoms with van der Waals surface area (Å²) >= 11 is 0. The predicted molar refractivity (Wildman–Crippen MR) is 45.1 cm³/mol. The topological polar surface area (TPSA) is 76.2 Å². The van der Waals surface area contributed by atoms with Crippen LogP contribution in [0.5, 0.6) is 0 Å². The predicted octanol–water partition coefficient (Wildman–Crippen LogP) is 0.979. The van der Waals surface area contributed by atoms with Gasteiger partial charge in [-0.3, -0.25) is 0 Å². The van der Waals surface area contributed by atoms with Crippen molar-refractivity contribution in [1.29, 1.82) is 0 Å². The number of nitrogen functional groups attached to an aromatic ring is 1. The zero-order valence-electron chi connectivity index (χ0n) is 6.96. The van der Waals surface area contributed by atoms with Gasteiger partial charge in [0, 0.05) is 0 Å². The van der Waals surface area contributed by atoms with Gasteiger partial charge in [0.05, 0.1) is 11.4 Å². The Morgan fingerprint density at radius 3 is 2.67 bits per heavy atom. The number of nitrogens with two attached hydrogens (primary N) is 1. The van der Waals surface area contributed by atoms with Crippen molar-refractivity contribution in [3.05, 3.63) is 23.0 Å². The van der Waals surface area contributed by atoms with Gasteiger partial charge in [0.15, 0.2) is 5.69 Å². The summed E-state index contributed by atoms with van der Waals surface area (Å²) in [6, 6.07) is 1.62. The molecule has 1 heterocycles. The molecule has 0 aliphatic carbocycles. The summed E-state index contributed by atoms with van der Waals surface area (Å²) in [4.78, 5) is 14.4. The van der Waals surface area contributed by atoms with E-state index in [1.807, 2.05) is 0 Å². The highest BCUT2D eigenvalue weighted by molar-refractivity contribution is 5.87. The lowest BCUT2D eigenvalue weighted by molar-refractivity contribution is 0.0689. The Balaban J connectivity index is 3.33. The average Bonchev–Trinajstić information content (AvgIpc) is 1.96. The molecule has 4 heteroatoms. The van der Waals surface area contributed by atoms with E-state index in [2.05, 4.69) is 4.98 Å². The van der Waals surface area contributed by atoms with Crippen molar-refractivity contribution in [2.75, 3.05) is 5.73 Å². The van der Waals surface area contributed by atoms with Gasteiger partial charge in [-0.2, -0.15) is 0 Å². The molecule has 0 saturated carbocycles. The largest absolute Gasteiger partial charge is 0.477 e. The number of nitrogens with zero attached hydrogens (tertiary/aromatic N) is 1. The van der Waals surface area contributed by atoms with Gasteiger partial charge in [-0.15, -0.1) is 0 Å². The molecule has 0 amide bonds. The quantitative estimate of drug-likeness (QED) is 0.652. The highest BCUT2D eigenvalue weighted by atomic mass is 16.4. The van der Waals surface area contributed by atoms with E-state index in [9.17, 15) is 4.79 Å². The Morgan fingerprint density at radius 2 is 2.17 bits per heavy atom. The molecule has 12 heavy (non-hydrogen) atoms. The van der Waals surface area contributed by atoms with Crippen LogP contribution in [0.25, 0.3) is 0 Å². The lowest BCUT2D eigenvalue weighted by atomic mass is 10.2. The summed E-state index contributed by atoms with van der Waals surface area (Å²) in [5, 5.41) is 8.68. The minimum Gasteiger partial charge on any atom is -0.477 e. The van der Waals surface area contributed by atoms with Crippen molar-refractivity contribution >= 4 is 11.7 Å². The number of anilines is 1. The molecule has 0 bridgehead atoms. The second-order valence-corrected chi connectivity index (χ2v) is 2.63. The number of carboxylic acids is 1. The van der Waals surface area contributed by atoms with E-state index >= 15 is 0 Å². The fourth-order valence-electron chi connectivity index (χ4n) is 0.943. The van der Waals surface area contributed by atoms with E-state index in [4.69, 9.17) is 10.8 Å². The number of aryl methyl sites for hydroxylation is 2. The standard InChI is InChI=1S/C8H10N2O2/c1-4-3-6(9)5(2)10-7(4)8(11)12/h3H,9H2,1-2H3,(H,11,12). The minimum atomic E-state index is -1.02. The molecule has 0 spiro atoms.